The number of halogens is 4. The molecule has 8 rings (SSSR count). The number of amides is 1. The Morgan fingerprint density at radius 3 is 2.44 bits per heavy atom. The summed E-state index contributed by atoms with van der Waals surface area (Å²) < 4.78 is 53.6. The number of hydrogen-bond acceptors (Lipinski definition) is 8. The predicted molar refractivity (Wildman–Crippen MR) is 220 cm³/mol. The fourth-order valence-electron chi connectivity index (χ4n) is 8.02. The second-order valence-corrected chi connectivity index (χ2v) is 14.2. The third-order valence-corrected chi connectivity index (χ3v) is 10.9. The van der Waals surface area contributed by atoms with Gasteiger partial charge in [0.2, 0.25) is 0 Å². The van der Waals surface area contributed by atoms with Crippen molar-refractivity contribution < 1.29 is 27.8 Å². The van der Waals surface area contributed by atoms with E-state index >= 15 is 8.78 Å². The van der Waals surface area contributed by atoms with Crippen LogP contribution in [0.2, 0.25) is 5.02 Å². The van der Waals surface area contributed by atoms with E-state index in [0.717, 1.165) is 25.5 Å². The van der Waals surface area contributed by atoms with Gasteiger partial charge in [-0.3, -0.25) is 9.78 Å². The summed E-state index contributed by atoms with van der Waals surface area (Å²) in [7, 11) is 2.01. The number of carbonyl (C=O) groups excluding carboxylic acids is 1. The normalized spacial score (nSPS) is 19.2. The molecule has 3 saturated heterocycles. The van der Waals surface area contributed by atoms with Gasteiger partial charge in [-0.1, -0.05) is 57.3 Å². The second kappa shape index (κ2) is 17.8. The Labute approximate surface area is 336 Å². The lowest BCUT2D eigenvalue weighted by Gasteiger charge is -2.41. The van der Waals surface area contributed by atoms with Crippen molar-refractivity contribution in [2.45, 2.75) is 71.5 Å². The summed E-state index contributed by atoms with van der Waals surface area (Å²) in [4.78, 5) is 32.6. The van der Waals surface area contributed by atoms with Crippen LogP contribution in [-0.2, 0) is 4.79 Å². The number of likely N-dealkylation sites (tertiary alicyclic amines) is 1. The van der Waals surface area contributed by atoms with Crippen LogP contribution in [-0.4, -0.2) is 87.2 Å². The maximum Gasteiger partial charge on any atom is 0.319 e. The standard InChI is InChI=1S/C40H34ClF3N6O3.2C2H6/c1-3-28-32(42)12-9-22-15-27(51)17-29(34(22)28)35-31(41)18-30-37(36(35)44)46-40(53-21-26-8-6-14-48(26)2)47-38(30)49-19-24-10-11-25(20-49)50(24)39(52)33(43)16-23-7-4-5-13-45-23;2*1-2/h1,4-5,7,9,12-13,15-18,24-26,51H,6,8,10-11,14,19-21H2,2H3;2*1-2H3/b33-16-;;/t24?,25?,26-;;/m0../s1. The summed E-state index contributed by atoms with van der Waals surface area (Å²) in [6.07, 6.45) is 11.6. The van der Waals surface area contributed by atoms with E-state index in [1.165, 1.54) is 30.5 Å². The maximum absolute atomic E-state index is 17.2. The van der Waals surface area contributed by atoms with E-state index in [1.807, 2.05) is 39.6 Å². The molecule has 298 valence electrons. The number of hydrogen-bond donors (Lipinski definition) is 1. The lowest BCUT2D eigenvalue weighted by Crippen LogP contribution is -2.56. The number of carbonyl (C=O) groups is 1. The lowest BCUT2D eigenvalue weighted by molar-refractivity contribution is -0.131. The predicted octanol–water partition coefficient (Wildman–Crippen LogP) is 9.18. The molecule has 5 heterocycles. The monoisotopic (exact) mass is 798 g/mol. The van der Waals surface area contributed by atoms with Gasteiger partial charge in [0.05, 0.1) is 28.4 Å². The van der Waals surface area contributed by atoms with Crippen LogP contribution in [0.5, 0.6) is 11.8 Å². The Hall–Kier alpha value is -5.38. The molecule has 2 unspecified atom stereocenters. The summed E-state index contributed by atoms with van der Waals surface area (Å²) in [6, 6.07) is 11.3. The van der Waals surface area contributed by atoms with E-state index in [2.05, 4.69) is 20.8 Å². The van der Waals surface area contributed by atoms with Crippen LogP contribution in [0, 0.1) is 24.0 Å². The number of ether oxygens (including phenoxy) is 1. The van der Waals surface area contributed by atoms with Crippen LogP contribution >= 0.6 is 11.6 Å². The molecule has 2 aromatic heterocycles. The van der Waals surface area contributed by atoms with Crippen molar-refractivity contribution in [2.24, 2.45) is 0 Å². The van der Waals surface area contributed by atoms with E-state index in [9.17, 15) is 14.3 Å². The first-order valence-electron chi connectivity index (χ1n) is 19.4. The van der Waals surface area contributed by atoms with Crippen molar-refractivity contribution in [3.05, 3.63) is 88.5 Å². The number of pyridine rings is 1. The number of phenols is 1. The summed E-state index contributed by atoms with van der Waals surface area (Å²) in [5.74, 6) is -0.610. The van der Waals surface area contributed by atoms with Crippen molar-refractivity contribution in [3.8, 4) is 35.2 Å². The van der Waals surface area contributed by atoms with Gasteiger partial charge < -0.3 is 24.5 Å². The Morgan fingerprint density at radius 1 is 1.05 bits per heavy atom. The summed E-state index contributed by atoms with van der Waals surface area (Å²) >= 11 is 6.90. The molecule has 1 N–H and O–H groups in total. The van der Waals surface area contributed by atoms with Gasteiger partial charge in [-0.25, -0.2) is 13.2 Å². The fraction of sp³-hybridized carbons (Fsp3) is 0.364. The van der Waals surface area contributed by atoms with Crippen LogP contribution in [0.3, 0.4) is 0 Å². The lowest BCUT2D eigenvalue weighted by atomic mass is 9.93. The molecule has 3 aromatic carbocycles. The summed E-state index contributed by atoms with van der Waals surface area (Å²) in [5, 5.41) is 11.5. The number of aromatic hydroxyl groups is 1. The Balaban J connectivity index is 0.00000133. The van der Waals surface area contributed by atoms with Gasteiger partial charge in [-0.15, -0.1) is 6.42 Å². The molecule has 0 spiro atoms. The molecule has 5 aromatic rings. The van der Waals surface area contributed by atoms with E-state index < -0.39 is 23.4 Å². The summed E-state index contributed by atoms with van der Waals surface area (Å²) in [5.41, 5.74) is 0.104. The zero-order valence-corrected chi connectivity index (χ0v) is 33.5. The number of rotatable bonds is 7. The van der Waals surface area contributed by atoms with E-state index in [0.29, 0.717) is 42.8 Å². The fourth-order valence-corrected chi connectivity index (χ4v) is 8.31. The van der Waals surface area contributed by atoms with Crippen molar-refractivity contribution >= 4 is 51.1 Å². The van der Waals surface area contributed by atoms with Crippen LogP contribution < -0.4 is 9.64 Å². The first-order chi connectivity index (χ1) is 27.6. The van der Waals surface area contributed by atoms with Crippen LogP contribution in [0.1, 0.15) is 64.6 Å². The molecule has 3 fully saturated rings. The van der Waals surface area contributed by atoms with E-state index in [1.54, 1.807) is 29.2 Å². The minimum Gasteiger partial charge on any atom is -0.508 e. The number of phenolic OH excluding ortho intramolecular Hbond substituents is 1. The number of piperazine rings is 1. The van der Waals surface area contributed by atoms with Crippen molar-refractivity contribution in [2.75, 3.05) is 38.2 Å². The number of nitrogens with zero attached hydrogens (tertiary/aromatic N) is 6. The van der Waals surface area contributed by atoms with Crippen LogP contribution in [0.25, 0.3) is 38.9 Å². The highest BCUT2D eigenvalue weighted by Gasteiger charge is 2.44. The van der Waals surface area contributed by atoms with Crippen molar-refractivity contribution in [1.82, 2.24) is 24.8 Å². The molecule has 3 aliphatic rings. The second-order valence-electron chi connectivity index (χ2n) is 13.8. The smallest absolute Gasteiger partial charge is 0.319 e. The molecule has 0 radical (unpaired) electrons. The molecule has 0 saturated carbocycles. The Kier molecular flexibility index (Phi) is 12.9. The van der Waals surface area contributed by atoms with Gasteiger partial charge in [0.25, 0.3) is 5.91 Å². The van der Waals surface area contributed by atoms with Crippen molar-refractivity contribution in [1.29, 1.82) is 0 Å². The number of fused-ring (bicyclic) bond motifs is 4. The zero-order valence-electron chi connectivity index (χ0n) is 32.7. The molecule has 1 amide bonds. The van der Waals surface area contributed by atoms with E-state index in [-0.39, 0.29) is 74.5 Å². The van der Waals surface area contributed by atoms with Crippen LogP contribution in [0.4, 0.5) is 19.0 Å². The minimum atomic E-state index is -0.900. The van der Waals surface area contributed by atoms with Gasteiger partial charge in [-0.05, 0) is 86.6 Å². The van der Waals surface area contributed by atoms with Gasteiger partial charge in [0.15, 0.2) is 11.6 Å². The molecule has 0 aliphatic carbocycles. The van der Waals surface area contributed by atoms with Crippen molar-refractivity contribution in [3.63, 3.8) is 0 Å². The average Bonchev–Trinajstić information content (AvgIpc) is 3.75. The Morgan fingerprint density at radius 2 is 1.79 bits per heavy atom. The highest BCUT2D eigenvalue weighted by Crippen LogP contribution is 2.44. The minimum absolute atomic E-state index is 0.0428. The van der Waals surface area contributed by atoms with Gasteiger partial charge in [0, 0.05) is 47.7 Å². The third-order valence-electron chi connectivity index (χ3n) is 10.6. The largest absolute Gasteiger partial charge is 0.508 e. The Bertz CT molecular complexity index is 2340. The molecule has 57 heavy (non-hydrogen) atoms. The first kappa shape index (κ1) is 41.3. The molecule has 9 nitrogen and oxygen atoms in total. The first-order valence-corrected chi connectivity index (χ1v) is 19.8. The highest BCUT2D eigenvalue weighted by atomic mass is 35.5. The summed E-state index contributed by atoms with van der Waals surface area (Å²) in [6.45, 7) is 9.79. The number of likely N-dealkylation sites (N-methyl/N-ethyl adjacent to an activating group) is 1. The molecular formula is C44H46ClF3N6O3. The molecule has 2 bridgehead atoms. The molecule has 3 atom stereocenters. The van der Waals surface area contributed by atoms with Gasteiger partial charge in [0.1, 0.15) is 29.5 Å². The quantitative estimate of drug-likeness (QED) is 0.129. The molecule has 3 aliphatic heterocycles. The number of anilines is 1. The maximum atomic E-state index is 17.2. The third kappa shape index (κ3) is 8.09. The van der Waals surface area contributed by atoms with Crippen LogP contribution in [0.15, 0.2) is 60.6 Å². The average molecular weight is 799 g/mol. The molecule has 13 heteroatoms. The number of terminal acetylenes is 1. The number of aromatic nitrogens is 3. The number of benzene rings is 3. The van der Waals surface area contributed by atoms with Gasteiger partial charge in [-0.2, -0.15) is 9.97 Å². The molecular weight excluding hydrogens is 753 g/mol. The SMILES string of the molecule is C#Cc1c(F)ccc2cc(O)cc(-c3c(Cl)cc4c(N5CC6CCC(C5)N6C(=O)/C(F)=C/c5ccccn5)nc(OC[C@@H]5CCCN5C)nc4c3F)c12.CC.CC. The topological polar surface area (TPSA) is 94.9 Å². The highest BCUT2D eigenvalue weighted by molar-refractivity contribution is 6.35. The van der Waals surface area contributed by atoms with E-state index in [4.69, 9.17) is 27.7 Å². The van der Waals surface area contributed by atoms with Gasteiger partial charge >= 0.3 is 6.01 Å². The zero-order chi connectivity index (χ0) is 41.0.